The SMILES string of the molecule is CCOc1cc(Cc2cnc(N)nc2N)cc2c1ccn2CC. The standard InChI is InChI=1S/C17H21N5O/c1-3-22-6-5-13-14(22)8-11(9-15(13)23-4-2)7-12-10-20-17(19)21-16(12)18/h5-6,8-10H,3-4,7H2,1-2H3,(H4,18,19,20,21). The maximum atomic E-state index is 5.95. The van der Waals surface area contributed by atoms with Gasteiger partial charge < -0.3 is 20.8 Å². The molecule has 0 atom stereocenters. The van der Waals surface area contributed by atoms with E-state index in [1.807, 2.05) is 6.92 Å². The third-order valence-corrected chi connectivity index (χ3v) is 3.86. The lowest BCUT2D eigenvalue weighted by Gasteiger charge is -2.11. The van der Waals surface area contributed by atoms with Crippen LogP contribution >= 0.6 is 0 Å². The molecule has 120 valence electrons. The highest BCUT2D eigenvalue weighted by atomic mass is 16.5. The highest BCUT2D eigenvalue weighted by Crippen LogP contribution is 2.30. The summed E-state index contributed by atoms with van der Waals surface area (Å²) in [5.41, 5.74) is 14.6. The number of anilines is 2. The molecule has 2 aromatic heterocycles. The van der Waals surface area contributed by atoms with Crippen LogP contribution in [0.1, 0.15) is 25.0 Å². The Balaban J connectivity index is 2.06. The van der Waals surface area contributed by atoms with Crippen molar-refractivity contribution in [2.45, 2.75) is 26.8 Å². The first-order chi connectivity index (χ1) is 11.1. The molecule has 6 heteroatoms. The predicted octanol–water partition coefficient (Wildman–Crippen LogP) is 2.61. The van der Waals surface area contributed by atoms with Gasteiger partial charge in [0.2, 0.25) is 5.95 Å². The largest absolute Gasteiger partial charge is 0.493 e. The number of nitrogens with two attached hydrogens (primary N) is 2. The molecule has 0 aliphatic heterocycles. The van der Waals surface area contributed by atoms with Crippen LogP contribution in [0.4, 0.5) is 11.8 Å². The number of benzene rings is 1. The molecule has 23 heavy (non-hydrogen) atoms. The highest BCUT2D eigenvalue weighted by molar-refractivity contribution is 5.87. The van der Waals surface area contributed by atoms with Crippen molar-refractivity contribution in [3.8, 4) is 5.75 Å². The molecule has 2 heterocycles. The molecule has 1 aromatic carbocycles. The van der Waals surface area contributed by atoms with Gasteiger partial charge in [-0.3, -0.25) is 0 Å². The number of aromatic nitrogens is 3. The van der Waals surface area contributed by atoms with Crippen molar-refractivity contribution < 1.29 is 4.74 Å². The van der Waals surface area contributed by atoms with Gasteiger partial charge in [-0.1, -0.05) is 0 Å². The van der Waals surface area contributed by atoms with E-state index in [2.05, 4.69) is 45.9 Å². The summed E-state index contributed by atoms with van der Waals surface area (Å²) in [4.78, 5) is 8.05. The normalized spacial score (nSPS) is 11.0. The molecule has 6 nitrogen and oxygen atoms in total. The van der Waals surface area contributed by atoms with Gasteiger partial charge in [0.05, 0.1) is 12.1 Å². The van der Waals surface area contributed by atoms with Crippen LogP contribution in [0.2, 0.25) is 0 Å². The van der Waals surface area contributed by atoms with Gasteiger partial charge in [0, 0.05) is 36.3 Å². The van der Waals surface area contributed by atoms with Crippen molar-refractivity contribution in [3.63, 3.8) is 0 Å². The minimum Gasteiger partial charge on any atom is -0.493 e. The molecule has 0 radical (unpaired) electrons. The van der Waals surface area contributed by atoms with E-state index in [1.54, 1.807) is 6.20 Å². The summed E-state index contributed by atoms with van der Waals surface area (Å²) in [5, 5.41) is 1.12. The summed E-state index contributed by atoms with van der Waals surface area (Å²) in [5.74, 6) is 1.50. The number of hydrogen-bond donors (Lipinski definition) is 2. The minimum absolute atomic E-state index is 0.191. The lowest BCUT2D eigenvalue weighted by atomic mass is 10.0. The van der Waals surface area contributed by atoms with Gasteiger partial charge in [0.25, 0.3) is 0 Å². The molecule has 0 aliphatic carbocycles. The molecule has 0 aliphatic rings. The number of nitrogen functional groups attached to an aromatic ring is 2. The summed E-state index contributed by atoms with van der Waals surface area (Å²) in [6.45, 7) is 5.65. The summed E-state index contributed by atoms with van der Waals surface area (Å²) in [6, 6.07) is 6.31. The molecule has 0 saturated carbocycles. The quantitative estimate of drug-likeness (QED) is 0.755. The van der Waals surface area contributed by atoms with Crippen LogP contribution in [0.15, 0.2) is 30.6 Å². The smallest absolute Gasteiger partial charge is 0.221 e. The molecule has 0 spiro atoms. The van der Waals surface area contributed by atoms with E-state index in [1.165, 1.54) is 0 Å². The van der Waals surface area contributed by atoms with Gasteiger partial charge in [-0.25, -0.2) is 4.98 Å². The lowest BCUT2D eigenvalue weighted by molar-refractivity contribution is 0.344. The van der Waals surface area contributed by atoms with Crippen LogP contribution in [0.25, 0.3) is 10.9 Å². The van der Waals surface area contributed by atoms with Gasteiger partial charge in [-0.2, -0.15) is 4.98 Å². The second-order valence-electron chi connectivity index (χ2n) is 5.38. The van der Waals surface area contributed by atoms with Gasteiger partial charge in [0.1, 0.15) is 11.6 Å². The van der Waals surface area contributed by atoms with Gasteiger partial charge >= 0.3 is 0 Å². The second-order valence-corrected chi connectivity index (χ2v) is 5.38. The molecule has 0 saturated heterocycles. The van der Waals surface area contributed by atoms with Crippen molar-refractivity contribution in [2.24, 2.45) is 0 Å². The Morgan fingerprint density at radius 2 is 2.04 bits per heavy atom. The maximum absolute atomic E-state index is 5.95. The monoisotopic (exact) mass is 311 g/mol. The Bertz CT molecular complexity index is 840. The topological polar surface area (TPSA) is 92.0 Å². The van der Waals surface area contributed by atoms with Gasteiger partial charge in [-0.15, -0.1) is 0 Å². The zero-order valence-electron chi connectivity index (χ0n) is 13.4. The fourth-order valence-corrected chi connectivity index (χ4v) is 2.76. The number of aryl methyl sites for hydroxylation is 1. The number of fused-ring (bicyclic) bond motifs is 1. The van der Waals surface area contributed by atoms with Crippen LogP contribution < -0.4 is 16.2 Å². The van der Waals surface area contributed by atoms with Crippen LogP contribution in [0.3, 0.4) is 0 Å². The van der Waals surface area contributed by atoms with Gasteiger partial charge in [-0.05, 0) is 37.6 Å². The van der Waals surface area contributed by atoms with Crippen molar-refractivity contribution in [1.29, 1.82) is 0 Å². The first-order valence-electron chi connectivity index (χ1n) is 7.73. The van der Waals surface area contributed by atoms with E-state index < -0.39 is 0 Å². The van der Waals surface area contributed by atoms with E-state index >= 15 is 0 Å². The first kappa shape index (κ1) is 15.1. The maximum Gasteiger partial charge on any atom is 0.221 e. The lowest BCUT2D eigenvalue weighted by Crippen LogP contribution is -2.04. The van der Waals surface area contributed by atoms with E-state index in [-0.39, 0.29) is 5.95 Å². The number of ether oxygens (including phenoxy) is 1. The zero-order valence-corrected chi connectivity index (χ0v) is 13.4. The predicted molar refractivity (Wildman–Crippen MR) is 92.4 cm³/mol. The number of nitrogens with zero attached hydrogens (tertiary/aromatic N) is 3. The molecule has 3 rings (SSSR count). The van der Waals surface area contributed by atoms with Crippen LogP contribution in [-0.2, 0) is 13.0 Å². The summed E-state index contributed by atoms with van der Waals surface area (Å²) in [6.07, 6.45) is 4.40. The van der Waals surface area contributed by atoms with Crippen LogP contribution in [0, 0.1) is 0 Å². The average molecular weight is 311 g/mol. The molecule has 0 unspecified atom stereocenters. The minimum atomic E-state index is 0.191. The molecule has 0 bridgehead atoms. The molecule has 0 amide bonds. The summed E-state index contributed by atoms with van der Waals surface area (Å²) >= 11 is 0. The first-order valence-corrected chi connectivity index (χ1v) is 7.73. The Morgan fingerprint density at radius 3 is 2.74 bits per heavy atom. The molecule has 0 fully saturated rings. The third-order valence-electron chi connectivity index (χ3n) is 3.86. The fraction of sp³-hybridized carbons (Fsp3) is 0.294. The zero-order chi connectivity index (χ0) is 16.4. The number of rotatable bonds is 5. The molecular formula is C17H21N5O. The highest BCUT2D eigenvalue weighted by Gasteiger charge is 2.11. The van der Waals surface area contributed by atoms with E-state index in [4.69, 9.17) is 16.2 Å². The van der Waals surface area contributed by atoms with Crippen LogP contribution in [0.5, 0.6) is 5.75 Å². The second kappa shape index (κ2) is 6.16. The van der Waals surface area contributed by atoms with Gasteiger partial charge in [0.15, 0.2) is 0 Å². The van der Waals surface area contributed by atoms with Crippen molar-refractivity contribution >= 4 is 22.7 Å². The fourth-order valence-electron chi connectivity index (χ4n) is 2.76. The molecule has 3 aromatic rings. The number of hydrogen-bond acceptors (Lipinski definition) is 5. The Hall–Kier alpha value is -2.76. The Labute approximate surface area is 135 Å². The third kappa shape index (κ3) is 2.92. The van der Waals surface area contributed by atoms with Crippen molar-refractivity contribution in [1.82, 2.24) is 14.5 Å². The summed E-state index contributed by atoms with van der Waals surface area (Å²) in [7, 11) is 0. The van der Waals surface area contributed by atoms with Crippen molar-refractivity contribution in [3.05, 3.63) is 41.7 Å². The molecular weight excluding hydrogens is 290 g/mol. The van der Waals surface area contributed by atoms with Crippen molar-refractivity contribution in [2.75, 3.05) is 18.1 Å². The Morgan fingerprint density at radius 1 is 1.22 bits per heavy atom. The average Bonchev–Trinajstić information content (AvgIpc) is 2.93. The summed E-state index contributed by atoms with van der Waals surface area (Å²) < 4.78 is 8.01. The Kier molecular flexibility index (Phi) is 4.06. The van der Waals surface area contributed by atoms with E-state index in [0.29, 0.717) is 18.8 Å². The van der Waals surface area contributed by atoms with E-state index in [0.717, 1.165) is 34.3 Å². The van der Waals surface area contributed by atoms with Crippen LogP contribution in [-0.4, -0.2) is 21.1 Å². The molecule has 4 N–H and O–H groups in total. The van der Waals surface area contributed by atoms with E-state index in [9.17, 15) is 0 Å².